The van der Waals surface area contributed by atoms with E-state index in [9.17, 15) is 0 Å². The van der Waals surface area contributed by atoms with E-state index in [1.165, 1.54) is 5.56 Å². The first kappa shape index (κ1) is 12.5. The fourth-order valence-electron chi connectivity index (χ4n) is 1.39. The summed E-state index contributed by atoms with van der Waals surface area (Å²) in [5, 5.41) is 0. The molecule has 0 aromatic heterocycles. The molecule has 1 heteroatoms. The van der Waals surface area contributed by atoms with Crippen LogP contribution in [0.4, 0.5) is 0 Å². The lowest BCUT2D eigenvalue weighted by atomic mass is 10.1. The van der Waals surface area contributed by atoms with E-state index in [1.807, 2.05) is 6.07 Å². The van der Waals surface area contributed by atoms with E-state index in [2.05, 4.69) is 43.2 Å². The van der Waals surface area contributed by atoms with Gasteiger partial charge in [-0.25, -0.2) is 0 Å². The molecule has 1 rings (SSSR count). The third kappa shape index (κ3) is 4.79. The minimum absolute atomic E-state index is 0.557. The molecule has 0 bridgehead atoms. The zero-order valence-electron chi connectivity index (χ0n) is 9.61. The van der Waals surface area contributed by atoms with Crippen LogP contribution in [0.3, 0.4) is 0 Å². The maximum atomic E-state index is 5.49. The van der Waals surface area contributed by atoms with Crippen molar-refractivity contribution in [2.45, 2.75) is 12.8 Å². The summed E-state index contributed by atoms with van der Waals surface area (Å²) < 4.78 is 5.49. The summed E-state index contributed by atoms with van der Waals surface area (Å²) in [5.41, 5.74) is 5.06. The maximum absolute atomic E-state index is 5.49. The van der Waals surface area contributed by atoms with Gasteiger partial charge in [-0.1, -0.05) is 49.6 Å². The fraction of sp³-hybridized carbons (Fsp3) is 0.267. The van der Waals surface area contributed by atoms with Gasteiger partial charge in [0.25, 0.3) is 0 Å². The van der Waals surface area contributed by atoms with Crippen LogP contribution in [0.1, 0.15) is 12.0 Å². The van der Waals surface area contributed by atoms with E-state index < -0.39 is 0 Å². The Kier molecular flexibility index (Phi) is 6.02. The molecule has 0 unspecified atom stereocenters. The number of hydrogen-bond donors (Lipinski definition) is 0. The summed E-state index contributed by atoms with van der Waals surface area (Å²) in [6, 6.07) is 10.4. The molecular weight excluding hydrogens is 196 g/mol. The van der Waals surface area contributed by atoms with Gasteiger partial charge < -0.3 is 4.74 Å². The van der Waals surface area contributed by atoms with Gasteiger partial charge in [0.05, 0.1) is 6.61 Å². The predicted octanol–water partition coefficient (Wildman–Crippen LogP) is 3.53. The second-order valence-corrected chi connectivity index (χ2v) is 3.55. The summed E-state index contributed by atoms with van der Waals surface area (Å²) in [4.78, 5) is 0. The maximum Gasteiger partial charge on any atom is 0.0788 e. The van der Waals surface area contributed by atoms with E-state index in [1.54, 1.807) is 6.08 Å². The van der Waals surface area contributed by atoms with Gasteiger partial charge in [-0.2, -0.15) is 0 Å². The Balaban J connectivity index is 2.13. The van der Waals surface area contributed by atoms with Crippen molar-refractivity contribution in [3.63, 3.8) is 0 Å². The van der Waals surface area contributed by atoms with Crippen molar-refractivity contribution in [2.75, 3.05) is 13.2 Å². The number of rotatable bonds is 7. The summed E-state index contributed by atoms with van der Waals surface area (Å²) in [5.74, 6) is 0. The molecule has 0 aliphatic rings. The molecule has 0 heterocycles. The molecule has 0 N–H and O–H groups in total. The average molecular weight is 214 g/mol. The average Bonchev–Trinajstić information content (AvgIpc) is 2.35. The van der Waals surface area contributed by atoms with Crippen LogP contribution < -0.4 is 0 Å². The van der Waals surface area contributed by atoms with Crippen molar-refractivity contribution in [1.82, 2.24) is 0 Å². The molecule has 0 radical (unpaired) electrons. The fourth-order valence-corrected chi connectivity index (χ4v) is 1.39. The van der Waals surface area contributed by atoms with Gasteiger partial charge in [0.15, 0.2) is 0 Å². The molecule has 1 nitrogen and oxygen atoms in total. The summed E-state index contributed by atoms with van der Waals surface area (Å²) in [7, 11) is 0. The zero-order chi connectivity index (χ0) is 11.6. The van der Waals surface area contributed by atoms with Crippen LogP contribution in [0.15, 0.2) is 60.9 Å². The van der Waals surface area contributed by atoms with Gasteiger partial charge in [-0.05, 0) is 18.4 Å². The van der Waals surface area contributed by atoms with E-state index in [0.717, 1.165) is 25.0 Å². The Labute approximate surface area is 97.8 Å². The van der Waals surface area contributed by atoms with Crippen molar-refractivity contribution in [1.29, 1.82) is 0 Å². The molecule has 16 heavy (non-hydrogen) atoms. The number of ether oxygens (including phenoxy) is 1. The molecule has 0 saturated carbocycles. The smallest absolute Gasteiger partial charge is 0.0788 e. The van der Waals surface area contributed by atoms with Gasteiger partial charge in [0.2, 0.25) is 0 Å². The van der Waals surface area contributed by atoms with Crippen LogP contribution in [0.2, 0.25) is 0 Å². The molecule has 0 spiro atoms. The molecule has 1 aromatic rings. The first-order valence-electron chi connectivity index (χ1n) is 5.50. The third-order valence-corrected chi connectivity index (χ3v) is 2.33. The van der Waals surface area contributed by atoms with Gasteiger partial charge in [0.1, 0.15) is 0 Å². The standard InChI is InChI=1S/C15H18O/c1-3-14(4-2)13-16-12-8-11-15-9-6-5-7-10-15/h3,5-7,9-10H,1-2,8,11-13H2. The molecule has 0 saturated heterocycles. The normalized spacial score (nSPS) is 9.50. The second-order valence-electron chi connectivity index (χ2n) is 3.55. The number of aryl methyl sites for hydroxylation is 1. The lowest BCUT2D eigenvalue weighted by molar-refractivity contribution is 0.155. The molecule has 84 valence electrons. The van der Waals surface area contributed by atoms with Gasteiger partial charge in [-0.15, -0.1) is 5.73 Å². The van der Waals surface area contributed by atoms with Crippen molar-refractivity contribution in [2.24, 2.45) is 0 Å². The van der Waals surface area contributed by atoms with Crippen molar-refractivity contribution in [3.8, 4) is 0 Å². The van der Waals surface area contributed by atoms with Gasteiger partial charge >= 0.3 is 0 Å². The van der Waals surface area contributed by atoms with Crippen molar-refractivity contribution < 1.29 is 4.74 Å². The van der Waals surface area contributed by atoms with E-state index >= 15 is 0 Å². The second kappa shape index (κ2) is 7.70. The van der Waals surface area contributed by atoms with Gasteiger partial charge in [-0.3, -0.25) is 0 Å². The van der Waals surface area contributed by atoms with E-state index in [4.69, 9.17) is 4.74 Å². The highest BCUT2D eigenvalue weighted by Gasteiger charge is 1.93. The molecule has 0 amide bonds. The molecule has 1 aromatic carbocycles. The highest BCUT2D eigenvalue weighted by molar-refractivity contribution is 5.15. The zero-order valence-corrected chi connectivity index (χ0v) is 9.61. The number of hydrogen-bond acceptors (Lipinski definition) is 1. The van der Waals surface area contributed by atoms with E-state index in [0.29, 0.717) is 6.61 Å². The van der Waals surface area contributed by atoms with Crippen molar-refractivity contribution in [3.05, 3.63) is 66.4 Å². The van der Waals surface area contributed by atoms with Crippen LogP contribution in [0.25, 0.3) is 0 Å². The Morgan fingerprint density at radius 1 is 1.31 bits per heavy atom. The Hall–Kier alpha value is -1.56. The summed E-state index contributed by atoms with van der Waals surface area (Å²) in [6.07, 6.45) is 3.82. The van der Waals surface area contributed by atoms with Crippen molar-refractivity contribution >= 4 is 0 Å². The predicted molar refractivity (Wildman–Crippen MR) is 68.4 cm³/mol. The summed E-state index contributed by atoms with van der Waals surface area (Å²) in [6.45, 7) is 8.54. The molecular formula is C15H18O. The van der Waals surface area contributed by atoms with Gasteiger partial charge in [0, 0.05) is 12.2 Å². The lowest BCUT2D eigenvalue weighted by Gasteiger charge is -2.03. The Morgan fingerprint density at radius 2 is 2.06 bits per heavy atom. The first-order valence-corrected chi connectivity index (χ1v) is 5.50. The SMILES string of the molecule is C=C=C(C=C)COCCCc1ccccc1. The van der Waals surface area contributed by atoms with Crippen LogP contribution in [-0.2, 0) is 11.2 Å². The molecule has 0 fully saturated rings. The largest absolute Gasteiger partial charge is 0.376 e. The topological polar surface area (TPSA) is 9.23 Å². The van der Waals surface area contributed by atoms with Crippen LogP contribution in [0.5, 0.6) is 0 Å². The molecule has 0 atom stereocenters. The number of benzene rings is 1. The third-order valence-electron chi connectivity index (χ3n) is 2.33. The highest BCUT2D eigenvalue weighted by atomic mass is 16.5. The van der Waals surface area contributed by atoms with Crippen LogP contribution in [-0.4, -0.2) is 13.2 Å². The minimum Gasteiger partial charge on any atom is -0.376 e. The summed E-state index contributed by atoms with van der Waals surface area (Å²) >= 11 is 0. The van der Waals surface area contributed by atoms with Crippen LogP contribution in [0, 0.1) is 0 Å². The molecule has 0 aliphatic heterocycles. The Morgan fingerprint density at radius 3 is 2.69 bits per heavy atom. The lowest BCUT2D eigenvalue weighted by Crippen LogP contribution is -1.99. The monoisotopic (exact) mass is 214 g/mol. The highest BCUT2D eigenvalue weighted by Crippen LogP contribution is 2.03. The minimum atomic E-state index is 0.557. The quantitative estimate of drug-likeness (QED) is 0.383. The first-order chi connectivity index (χ1) is 7.86. The Bertz CT molecular complexity index is 358. The van der Waals surface area contributed by atoms with Crippen LogP contribution >= 0.6 is 0 Å². The molecule has 0 aliphatic carbocycles. The van der Waals surface area contributed by atoms with E-state index in [-0.39, 0.29) is 0 Å².